The van der Waals surface area contributed by atoms with Crippen molar-refractivity contribution < 1.29 is 9.47 Å². The first kappa shape index (κ1) is 9.01. The third kappa shape index (κ3) is 2.80. The van der Waals surface area contributed by atoms with Crippen molar-refractivity contribution in [3.63, 3.8) is 0 Å². The van der Waals surface area contributed by atoms with Crippen LogP contribution < -0.4 is 0 Å². The Balaban J connectivity index is 2.18. The Morgan fingerprint density at radius 1 is 1.45 bits per heavy atom. The van der Waals surface area contributed by atoms with Crippen LogP contribution in [0.15, 0.2) is 0 Å². The summed E-state index contributed by atoms with van der Waals surface area (Å²) in [6, 6.07) is 0. The largest absolute Gasteiger partial charge is 0.373 e. The van der Waals surface area contributed by atoms with E-state index < -0.39 is 0 Å². The average molecular weight is 158 g/mol. The molecule has 0 aromatic heterocycles. The van der Waals surface area contributed by atoms with Crippen molar-refractivity contribution in [3.8, 4) is 0 Å². The molecule has 1 aliphatic heterocycles. The third-order valence-electron chi connectivity index (χ3n) is 2.52. The van der Waals surface area contributed by atoms with Crippen LogP contribution in [0, 0.1) is 0 Å². The van der Waals surface area contributed by atoms with Crippen LogP contribution >= 0.6 is 0 Å². The number of epoxide rings is 1. The Bertz CT molecular complexity index is 115. The second-order valence-corrected chi connectivity index (χ2v) is 3.42. The maximum atomic E-state index is 5.73. The molecule has 11 heavy (non-hydrogen) atoms. The highest BCUT2D eigenvalue weighted by Crippen LogP contribution is 2.21. The van der Waals surface area contributed by atoms with Gasteiger partial charge in [-0.3, -0.25) is 0 Å². The molecule has 66 valence electrons. The summed E-state index contributed by atoms with van der Waals surface area (Å²) in [6.45, 7) is 8.16. The fraction of sp³-hybridized carbons (Fsp3) is 1.00. The molecule has 0 radical (unpaired) electrons. The van der Waals surface area contributed by atoms with E-state index in [9.17, 15) is 0 Å². The van der Waals surface area contributed by atoms with E-state index in [0.29, 0.717) is 6.10 Å². The van der Waals surface area contributed by atoms with E-state index in [4.69, 9.17) is 9.47 Å². The zero-order valence-corrected chi connectivity index (χ0v) is 7.72. The van der Waals surface area contributed by atoms with Gasteiger partial charge in [0.2, 0.25) is 0 Å². The van der Waals surface area contributed by atoms with E-state index >= 15 is 0 Å². The van der Waals surface area contributed by atoms with Gasteiger partial charge in [-0.2, -0.15) is 0 Å². The van der Waals surface area contributed by atoms with E-state index in [1.165, 1.54) is 0 Å². The number of hydrogen-bond acceptors (Lipinski definition) is 2. The van der Waals surface area contributed by atoms with E-state index in [2.05, 4.69) is 20.8 Å². The highest BCUT2D eigenvalue weighted by Gasteiger charge is 2.27. The van der Waals surface area contributed by atoms with Gasteiger partial charge in [0.05, 0.1) is 18.8 Å². The highest BCUT2D eigenvalue weighted by molar-refractivity contribution is 4.75. The molecular weight excluding hydrogens is 140 g/mol. The van der Waals surface area contributed by atoms with E-state index in [-0.39, 0.29) is 5.60 Å². The lowest BCUT2D eigenvalue weighted by Crippen LogP contribution is -2.28. The van der Waals surface area contributed by atoms with Crippen molar-refractivity contribution in [2.24, 2.45) is 0 Å². The maximum Gasteiger partial charge on any atom is 0.104 e. The van der Waals surface area contributed by atoms with Crippen LogP contribution in [0.5, 0.6) is 0 Å². The fourth-order valence-corrected chi connectivity index (χ4v) is 0.913. The van der Waals surface area contributed by atoms with Crippen LogP contribution in [-0.2, 0) is 9.47 Å². The molecule has 1 atom stereocenters. The molecule has 1 heterocycles. The molecule has 1 fully saturated rings. The van der Waals surface area contributed by atoms with Gasteiger partial charge in [0.1, 0.15) is 6.10 Å². The predicted molar refractivity (Wildman–Crippen MR) is 44.7 cm³/mol. The highest BCUT2D eigenvalue weighted by atomic mass is 16.6. The Morgan fingerprint density at radius 2 is 2.00 bits per heavy atom. The van der Waals surface area contributed by atoms with Crippen LogP contribution in [0.3, 0.4) is 0 Å². The summed E-state index contributed by atoms with van der Waals surface area (Å²) in [5, 5.41) is 0. The molecule has 0 amide bonds. The van der Waals surface area contributed by atoms with E-state index in [0.717, 1.165) is 26.1 Å². The number of ether oxygens (including phenoxy) is 2. The molecule has 0 aromatic rings. The van der Waals surface area contributed by atoms with Crippen LogP contribution in [0.1, 0.15) is 33.6 Å². The second-order valence-electron chi connectivity index (χ2n) is 3.42. The van der Waals surface area contributed by atoms with Gasteiger partial charge in [-0.15, -0.1) is 0 Å². The molecule has 0 aliphatic carbocycles. The van der Waals surface area contributed by atoms with Crippen LogP contribution in [0.2, 0.25) is 0 Å². The molecular formula is C9H18O2. The zero-order chi connectivity index (χ0) is 8.32. The molecule has 1 rings (SSSR count). The van der Waals surface area contributed by atoms with Crippen molar-refractivity contribution in [1.29, 1.82) is 0 Å². The summed E-state index contributed by atoms with van der Waals surface area (Å²) in [7, 11) is 0. The molecule has 0 aromatic carbocycles. The van der Waals surface area contributed by atoms with Crippen LogP contribution in [-0.4, -0.2) is 24.9 Å². The first-order chi connectivity index (χ1) is 5.20. The molecule has 0 saturated carbocycles. The van der Waals surface area contributed by atoms with Gasteiger partial charge in [-0.05, 0) is 19.8 Å². The van der Waals surface area contributed by atoms with Gasteiger partial charge >= 0.3 is 0 Å². The van der Waals surface area contributed by atoms with Gasteiger partial charge in [0.15, 0.2) is 0 Å². The number of rotatable bonds is 5. The first-order valence-electron chi connectivity index (χ1n) is 4.45. The lowest BCUT2D eigenvalue weighted by molar-refractivity contribution is -0.0430. The van der Waals surface area contributed by atoms with Crippen LogP contribution in [0.25, 0.3) is 0 Å². The quantitative estimate of drug-likeness (QED) is 0.571. The Kier molecular flexibility index (Phi) is 2.90. The first-order valence-corrected chi connectivity index (χ1v) is 4.45. The van der Waals surface area contributed by atoms with Gasteiger partial charge in [-0.1, -0.05) is 13.8 Å². The number of hydrogen-bond donors (Lipinski definition) is 0. The molecule has 1 aliphatic rings. The average Bonchev–Trinajstić information content (AvgIpc) is 2.83. The van der Waals surface area contributed by atoms with Crippen molar-refractivity contribution in [1.82, 2.24) is 0 Å². The molecule has 0 N–H and O–H groups in total. The lowest BCUT2D eigenvalue weighted by Gasteiger charge is -2.26. The van der Waals surface area contributed by atoms with E-state index in [1.807, 2.05) is 0 Å². The summed E-state index contributed by atoms with van der Waals surface area (Å²) in [5.41, 5.74) is 0.0753. The van der Waals surface area contributed by atoms with E-state index in [1.54, 1.807) is 0 Å². The molecule has 0 bridgehead atoms. The molecule has 0 spiro atoms. The lowest BCUT2D eigenvalue weighted by atomic mass is 10.0. The van der Waals surface area contributed by atoms with Crippen molar-refractivity contribution in [3.05, 3.63) is 0 Å². The summed E-state index contributed by atoms with van der Waals surface area (Å²) < 4.78 is 10.8. The maximum absolute atomic E-state index is 5.73. The van der Waals surface area contributed by atoms with Gasteiger partial charge in [0, 0.05) is 0 Å². The molecule has 2 nitrogen and oxygen atoms in total. The standard InChI is InChI=1S/C9H18O2/c1-4-9(3,5-2)11-7-8-6-10-8/h8H,4-7H2,1-3H3. The van der Waals surface area contributed by atoms with Crippen molar-refractivity contribution in [2.75, 3.05) is 13.2 Å². The fourth-order valence-electron chi connectivity index (χ4n) is 0.913. The smallest absolute Gasteiger partial charge is 0.104 e. The summed E-state index contributed by atoms with van der Waals surface area (Å²) in [6.07, 6.45) is 2.55. The summed E-state index contributed by atoms with van der Waals surface area (Å²) >= 11 is 0. The molecule has 2 heteroatoms. The minimum Gasteiger partial charge on any atom is -0.373 e. The second kappa shape index (κ2) is 3.55. The van der Waals surface area contributed by atoms with Gasteiger partial charge in [-0.25, -0.2) is 0 Å². The molecule has 1 saturated heterocycles. The molecule has 1 unspecified atom stereocenters. The SMILES string of the molecule is CCC(C)(CC)OCC1CO1. The minimum atomic E-state index is 0.0753. The zero-order valence-electron chi connectivity index (χ0n) is 7.72. The predicted octanol–water partition coefficient (Wildman–Crippen LogP) is 1.98. The Labute approximate surface area is 68.9 Å². The van der Waals surface area contributed by atoms with Gasteiger partial charge < -0.3 is 9.47 Å². The normalized spacial score (nSPS) is 23.7. The Hall–Kier alpha value is -0.0800. The summed E-state index contributed by atoms with van der Waals surface area (Å²) in [5.74, 6) is 0. The monoisotopic (exact) mass is 158 g/mol. The summed E-state index contributed by atoms with van der Waals surface area (Å²) in [4.78, 5) is 0. The van der Waals surface area contributed by atoms with Crippen LogP contribution in [0.4, 0.5) is 0 Å². The Morgan fingerprint density at radius 3 is 2.36 bits per heavy atom. The van der Waals surface area contributed by atoms with Crippen molar-refractivity contribution in [2.45, 2.75) is 45.3 Å². The third-order valence-corrected chi connectivity index (χ3v) is 2.52. The van der Waals surface area contributed by atoms with Gasteiger partial charge in [0.25, 0.3) is 0 Å². The van der Waals surface area contributed by atoms with Crippen molar-refractivity contribution >= 4 is 0 Å². The minimum absolute atomic E-state index is 0.0753. The topological polar surface area (TPSA) is 21.8 Å².